The summed E-state index contributed by atoms with van der Waals surface area (Å²) in [4.78, 5) is 34.9. The number of nitrogens with zero attached hydrogens (tertiary/aromatic N) is 1. The largest absolute Gasteiger partial charge is 0.545 e. The maximum absolute atomic E-state index is 12.0. The molecule has 0 aliphatic carbocycles. The molecule has 156 valence electrons. The molecule has 2 N–H and O–H groups in total. The molecular weight excluding hydrogens is 390 g/mol. The van der Waals surface area contributed by atoms with Crippen molar-refractivity contribution < 1.29 is 29.0 Å². The third-order valence-electron chi connectivity index (χ3n) is 3.60. The number of carbonyl (C=O) groups excluding carboxylic acids is 3. The zero-order valence-corrected chi connectivity index (χ0v) is 16.2. The van der Waals surface area contributed by atoms with Gasteiger partial charge in [0.05, 0.1) is 18.8 Å². The zero-order valence-electron chi connectivity index (χ0n) is 16.2. The van der Waals surface area contributed by atoms with Crippen LogP contribution in [0.4, 0.5) is 5.69 Å². The van der Waals surface area contributed by atoms with Gasteiger partial charge in [0, 0.05) is 11.3 Å². The van der Waals surface area contributed by atoms with E-state index in [1.165, 1.54) is 24.4 Å². The van der Waals surface area contributed by atoms with Crippen LogP contribution in [0.5, 0.6) is 11.5 Å². The number of hydrazone groups is 1. The van der Waals surface area contributed by atoms with Crippen LogP contribution in [-0.4, -0.2) is 37.2 Å². The Morgan fingerprint density at radius 1 is 1.10 bits per heavy atom. The van der Waals surface area contributed by atoms with E-state index < -0.39 is 17.8 Å². The minimum absolute atomic E-state index is 0.0792. The number of ether oxygens (including phenoxy) is 2. The van der Waals surface area contributed by atoms with E-state index in [2.05, 4.69) is 22.4 Å². The molecule has 0 aromatic heterocycles. The molecule has 0 aliphatic heterocycles. The number of nitrogens with one attached hydrogen (secondary N) is 2. The fourth-order valence-corrected chi connectivity index (χ4v) is 2.25. The molecule has 2 aromatic rings. The number of benzene rings is 2. The second-order valence-electron chi connectivity index (χ2n) is 5.75. The Morgan fingerprint density at radius 3 is 2.47 bits per heavy atom. The molecule has 0 radical (unpaired) electrons. The molecule has 30 heavy (non-hydrogen) atoms. The standard InChI is InChI=1S/C21H21N3O6/c1-3-11-30-17-8-6-16(7-9-17)23-19(25)20(26)24-22-13-15-12-14(21(27)28)5-10-18(15)29-4-2/h3,5-10,12-13H,1,4,11H2,2H3,(H,23,25)(H,24,26)(H,27,28)/p-1/b22-13-. The first-order valence-electron chi connectivity index (χ1n) is 8.91. The summed E-state index contributed by atoms with van der Waals surface area (Å²) in [5.74, 6) is -2.35. The molecule has 2 rings (SSSR count). The molecule has 9 heteroatoms. The van der Waals surface area contributed by atoms with Gasteiger partial charge in [-0.3, -0.25) is 9.59 Å². The maximum atomic E-state index is 12.0. The monoisotopic (exact) mass is 410 g/mol. The first kappa shape index (κ1) is 22.2. The highest BCUT2D eigenvalue weighted by Crippen LogP contribution is 2.18. The van der Waals surface area contributed by atoms with E-state index in [1.54, 1.807) is 37.3 Å². The Balaban J connectivity index is 1.98. The van der Waals surface area contributed by atoms with Crippen LogP contribution in [0.3, 0.4) is 0 Å². The van der Waals surface area contributed by atoms with E-state index in [0.29, 0.717) is 36.0 Å². The predicted molar refractivity (Wildman–Crippen MR) is 108 cm³/mol. The molecule has 0 aliphatic rings. The highest BCUT2D eigenvalue weighted by Gasteiger charge is 2.13. The van der Waals surface area contributed by atoms with Crippen LogP contribution in [0.2, 0.25) is 0 Å². The van der Waals surface area contributed by atoms with E-state index in [9.17, 15) is 19.5 Å². The number of hydrogen-bond acceptors (Lipinski definition) is 7. The average molecular weight is 410 g/mol. The van der Waals surface area contributed by atoms with Crippen LogP contribution in [0.1, 0.15) is 22.8 Å². The minimum Gasteiger partial charge on any atom is -0.545 e. The SMILES string of the molecule is C=CCOc1ccc(NC(=O)C(=O)N/N=C\c2cc(C(=O)[O-])ccc2OCC)cc1. The van der Waals surface area contributed by atoms with Gasteiger partial charge in [-0.05, 0) is 55.0 Å². The predicted octanol–water partition coefficient (Wildman–Crippen LogP) is 1.10. The highest BCUT2D eigenvalue weighted by atomic mass is 16.5. The lowest BCUT2D eigenvalue weighted by Crippen LogP contribution is -2.32. The number of aromatic carboxylic acids is 1. The van der Waals surface area contributed by atoms with Crippen LogP contribution in [0.25, 0.3) is 0 Å². The molecule has 0 spiro atoms. The van der Waals surface area contributed by atoms with Crippen LogP contribution in [0, 0.1) is 0 Å². The second kappa shape index (κ2) is 11.0. The van der Waals surface area contributed by atoms with Gasteiger partial charge in [-0.1, -0.05) is 12.7 Å². The quantitative estimate of drug-likeness (QED) is 0.276. The van der Waals surface area contributed by atoms with Crippen molar-refractivity contribution in [1.29, 1.82) is 0 Å². The molecule has 0 fully saturated rings. The van der Waals surface area contributed by atoms with E-state index in [0.717, 1.165) is 0 Å². The number of anilines is 1. The van der Waals surface area contributed by atoms with Crippen molar-refractivity contribution >= 4 is 29.7 Å². The lowest BCUT2D eigenvalue weighted by Gasteiger charge is -2.10. The average Bonchev–Trinajstić information content (AvgIpc) is 2.74. The topological polar surface area (TPSA) is 129 Å². The van der Waals surface area contributed by atoms with Crippen molar-refractivity contribution in [3.8, 4) is 11.5 Å². The smallest absolute Gasteiger partial charge is 0.329 e. The number of rotatable bonds is 9. The van der Waals surface area contributed by atoms with E-state index in [1.807, 2.05) is 0 Å². The summed E-state index contributed by atoms with van der Waals surface area (Å²) in [6.07, 6.45) is 2.78. The second-order valence-corrected chi connectivity index (χ2v) is 5.75. The highest BCUT2D eigenvalue weighted by molar-refractivity contribution is 6.39. The van der Waals surface area contributed by atoms with Crippen molar-refractivity contribution in [1.82, 2.24) is 5.43 Å². The molecule has 2 amide bonds. The summed E-state index contributed by atoms with van der Waals surface area (Å²) in [6, 6.07) is 10.5. The number of carboxylic acids is 1. The molecule has 0 bridgehead atoms. The van der Waals surface area contributed by atoms with E-state index in [4.69, 9.17) is 9.47 Å². The fraction of sp³-hybridized carbons (Fsp3) is 0.143. The van der Waals surface area contributed by atoms with Gasteiger partial charge < -0.3 is 24.7 Å². The van der Waals surface area contributed by atoms with Crippen LogP contribution in [0.15, 0.2) is 60.2 Å². The van der Waals surface area contributed by atoms with Crippen LogP contribution in [-0.2, 0) is 9.59 Å². The molecule has 9 nitrogen and oxygen atoms in total. The van der Waals surface area contributed by atoms with Crippen molar-refractivity contribution in [2.24, 2.45) is 5.10 Å². The van der Waals surface area contributed by atoms with Gasteiger partial charge in [0.15, 0.2) is 0 Å². The number of hydrogen-bond donors (Lipinski definition) is 2. The molecule has 0 unspecified atom stereocenters. The lowest BCUT2D eigenvalue weighted by atomic mass is 10.1. The maximum Gasteiger partial charge on any atom is 0.329 e. The summed E-state index contributed by atoms with van der Waals surface area (Å²) < 4.78 is 10.7. The Hall–Kier alpha value is -4.14. The normalized spacial score (nSPS) is 10.3. The van der Waals surface area contributed by atoms with Crippen molar-refractivity contribution in [2.75, 3.05) is 18.5 Å². The molecule has 0 saturated heterocycles. The van der Waals surface area contributed by atoms with Gasteiger partial charge in [0.1, 0.15) is 18.1 Å². The summed E-state index contributed by atoms with van der Waals surface area (Å²) in [6.45, 7) is 6.00. The Labute approximate surface area is 173 Å². The van der Waals surface area contributed by atoms with Crippen LogP contribution >= 0.6 is 0 Å². The van der Waals surface area contributed by atoms with Gasteiger partial charge in [0.2, 0.25) is 0 Å². The van der Waals surface area contributed by atoms with Gasteiger partial charge in [0.25, 0.3) is 0 Å². The van der Waals surface area contributed by atoms with E-state index >= 15 is 0 Å². The van der Waals surface area contributed by atoms with Crippen LogP contribution < -0.4 is 25.3 Å². The Morgan fingerprint density at radius 2 is 1.83 bits per heavy atom. The minimum atomic E-state index is -1.36. The summed E-state index contributed by atoms with van der Waals surface area (Å²) in [5, 5.41) is 17.1. The van der Waals surface area contributed by atoms with Gasteiger partial charge in [-0.15, -0.1) is 0 Å². The lowest BCUT2D eigenvalue weighted by molar-refractivity contribution is -0.255. The molecule has 0 saturated carbocycles. The fourth-order valence-electron chi connectivity index (χ4n) is 2.25. The van der Waals surface area contributed by atoms with Gasteiger partial charge in [-0.2, -0.15) is 5.10 Å². The number of carboxylic acid groups (broad SMARTS) is 1. The van der Waals surface area contributed by atoms with Gasteiger partial charge >= 0.3 is 11.8 Å². The van der Waals surface area contributed by atoms with Crippen molar-refractivity contribution in [3.05, 3.63) is 66.2 Å². The van der Waals surface area contributed by atoms with E-state index in [-0.39, 0.29) is 5.56 Å². The number of amides is 2. The number of carbonyl (C=O) groups is 3. The third-order valence-corrected chi connectivity index (χ3v) is 3.60. The first-order chi connectivity index (χ1) is 14.4. The first-order valence-corrected chi connectivity index (χ1v) is 8.91. The Bertz CT molecular complexity index is 954. The van der Waals surface area contributed by atoms with Gasteiger partial charge in [-0.25, -0.2) is 5.43 Å². The molecule has 0 atom stereocenters. The van der Waals surface area contributed by atoms with Crippen molar-refractivity contribution in [2.45, 2.75) is 6.92 Å². The van der Waals surface area contributed by atoms with Crippen molar-refractivity contribution in [3.63, 3.8) is 0 Å². The Kier molecular flexibility index (Phi) is 8.13. The molecule has 0 heterocycles. The zero-order chi connectivity index (χ0) is 21.9. The summed E-state index contributed by atoms with van der Waals surface area (Å²) in [5.41, 5.74) is 2.69. The summed E-state index contributed by atoms with van der Waals surface area (Å²) in [7, 11) is 0. The third kappa shape index (κ3) is 6.48. The summed E-state index contributed by atoms with van der Waals surface area (Å²) >= 11 is 0. The molecular formula is C21H20N3O6-. The molecule has 2 aromatic carbocycles.